The minimum atomic E-state index is 0.689. The number of thiocarbonyl (C=S) groups is 1. The Hall–Kier alpha value is -1.33. The lowest BCUT2D eigenvalue weighted by molar-refractivity contribution is -0.877. The largest absolute Gasteiger partial charge is 0.494 e. The van der Waals surface area contributed by atoms with Crippen LogP contribution >= 0.6 is 12.2 Å². The number of ether oxygens (including phenoxy) is 1. The van der Waals surface area contributed by atoms with Crippen LogP contribution in [0.4, 0.5) is 5.69 Å². The smallest absolute Gasteiger partial charge is 0.173 e. The Morgan fingerprint density at radius 2 is 2.05 bits per heavy atom. The van der Waals surface area contributed by atoms with Crippen molar-refractivity contribution in [2.24, 2.45) is 0 Å². The van der Waals surface area contributed by atoms with Crippen LogP contribution in [0, 0.1) is 0 Å². The molecule has 110 valence electrons. The summed E-state index contributed by atoms with van der Waals surface area (Å²) in [4.78, 5) is 3.85. The van der Waals surface area contributed by atoms with Crippen molar-refractivity contribution in [2.75, 3.05) is 45.2 Å². The van der Waals surface area contributed by atoms with E-state index in [1.165, 1.54) is 13.0 Å². The van der Waals surface area contributed by atoms with Gasteiger partial charge in [0.2, 0.25) is 0 Å². The van der Waals surface area contributed by atoms with E-state index in [-0.39, 0.29) is 0 Å². The van der Waals surface area contributed by atoms with Crippen molar-refractivity contribution in [1.29, 1.82) is 0 Å². The molecular weight excluding hydrogens is 270 g/mol. The first kappa shape index (κ1) is 15.1. The van der Waals surface area contributed by atoms with Crippen LogP contribution in [0.5, 0.6) is 5.75 Å². The van der Waals surface area contributed by atoms with Gasteiger partial charge in [-0.1, -0.05) is 0 Å². The lowest BCUT2D eigenvalue weighted by atomic mass is 10.3. The molecule has 1 saturated heterocycles. The van der Waals surface area contributed by atoms with E-state index in [9.17, 15) is 0 Å². The highest BCUT2D eigenvalue weighted by atomic mass is 32.1. The Balaban J connectivity index is 1.90. The second kappa shape index (κ2) is 7.45. The van der Waals surface area contributed by atoms with Crippen LogP contribution < -0.4 is 15.0 Å². The molecule has 1 aliphatic heterocycles. The topological polar surface area (TPSA) is 28.9 Å². The molecule has 0 spiro atoms. The number of likely N-dealkylation sites (N-methyl/N-ethyl adjacent to an activating group) is 1. The first-order valence-electron chi connectivity index (χ1n) is 7.29. The van der Waals surface area contributed by atoms with Gasteiger partial charge >= 0.3 is 0 Å². The van der Waals surface area contributed by atoms with E-state index in [1.807, 2.05) is 31.2 Å². The fraction of sp³-hybridized carbons (Fsp3) is 0.533. The molecule has 0 aliphatic carbocycles. The molecule has 0 bridgehead atoms. The zero-order valence-electron chi connectivity index (χ0n) is 12.3. The molecule has 5 heteroatoms. The number of quaternary nitrogens is 1. The Morgan fingerprint density at radius 1 is 1.30 bits per heavy atom. The number of hydrogen-bond acceptors (Lipinski definition) is 2. The highest BCUT2D eigenvalue weighted by molar-refractivity contribution is 7.80. The van der Waals surface area contributed by atoms with Crippen LogP contribution in [0.3, 0.4) is 0 Å². The number of hydrogen-bond donors (Lipinski definition) is 2. The molecule has 0 aromatic heterocycles. The minimum Gasteiger partial charge on any atom is -0.494 e. The fourth-order valence-corrected chi connectivity index (χ4v) is 2.64. The van der Waals surface area contributed by atoms with Crippen molar-refractivity contribution in [1.82, 2.24) is 4.90 Å². The van der Waals surface area contributed by atoms with E-state index in [1.54, 1.807) is 4.90 Å². The highest BCUT2D eigenvalue weighted by Gasteiger charge is 2.16. The van der Waals surface area contributed by atoms with Crippen molar-refractivity contribution < 1.29 is 9.64 Å². The summed E-state index contributed by atoms with van der Waals surface area (Å²) < 4.78 is 5.44. The molecule has 1 fully saturated rings. The molecule has 20 heavy (non-hydrogen) atoms. The fourth-order valence-electron chi connectivity index (χ4n) is 2.34. The molecule has 1 heterocycles. The monoisotopic (exact) mass is 294 g/mol. The summed E-state index contributed by atoms with van der Waals surface area (Å²) in [6.07, 6.45) is 1.19. The number of nitrogens with zero attached hydrogens (tertiary/aromatic N) is 1. The van der Waals surface area contributed by atoms with Gasteiger partial charge in [0.15, 0.2) is 5.11 Å². The zero-order valence-corrected chi connectivity index (χ0v) is 13.1. The molecule has 1 atom stereocenters. The molecule has 2 rings (SSSR count). The molecule has 1 unspecified atom stereocenters. The molecule has 0 amide bonds. The molecule has 0 saturated carbocycles. The zero-order chi connectivity index (χ0) is 14.4. The molecular formula is C15H24N3OS+. The van der Waals surface area contributed by atoms with E-state index < -0.39 is 0 Å². The van der Waals surface area contributed by atoms with Crippen LogP contribution in [0.15, 0.2) is 24.3 Å². The van der Waals surface area contributed by atoms with Gasteiger partial charge in [0, 0.05) is 18.7 Å². The van der Waals surface area contributed by atoms with Crippen LogP contribution in [0.25, 0.3) is 0 Å². The minimum absolute atomic E-state index is 0.689. The van der Waals surface area contributed by atoms with Gasteiger partial charge in [-0.3, -0.25) is 0 Å². The Kier molecular flexibility index (Phi) is 5.61. The van der Waals surface area contributed by atoms with Crippen molar-refractivity contribution >= 4 is 23.0 Å². The Bertz CT molecular complexity index is 435. The van der Waals surface area contributed by atoms with Gasteiger partial charge < -0.3 is 19.9 Å². The highest BCUT2D eigenvalue weighted by Crippen LogP contribution is 2.16. The number of rotatable bonds is 3. The van der Waals surface area contributed by atoms with Gasteiger partial charge in [-0.25, -0.2) is 0 Å². The second-order valence-electron chi connectivity index (χ2n) is 5.19. The second-order valence-corrected chi connectivity index (χ2v) is 5.57. The van der Waals surface area contributed by atoms with Gasteiger partial charge in [-0.15, -0.1) is 0 Å². The average Bonchev–Trinajstić information content (AvgIpc) is 2.66. The van der Waals surface area contributed by atoms with Gasteiger partial charge in [-0.2, -0.15) is 0 Å². The average molecular weight is 294 g/mol. The van der Waals surface area contributed by atoms with Crippen molar-refractivity contribution in [3.8, 4) is 5.75 Å². The third-order valence-corrected chi connectivity index (χ3v) is 3.90. The van der Waals surface area contributed by atoms with Gasteiger partial charge in [0.05, 0.1) is 33.3 Å². The maximum absolute atomic E-state index is 5.51. The number of benzene rings is 1. The predicted octanol–water partition coefficient (Wildman–Crippen LogP) is 1.00. The van der Waals surface area contributed by atoms with E-state index in [2.05, 4.69) is 17.3 Å². The lowest BCUT2D eigenvalue weighted by Gasteiger charge is -2.23. The van der Waals surface area contributed by atoms with Gasteiger partial charge in [0.25, 0.3) is 0 Å². The van der Waals surface area contributed by atoms with Crippen LogP contribution in [0.1, 0.15) is 13.3 Å². The quantitative estimate of drug-likeness (QED) is 0.814. The summed E-state index contributed by atoms with van der Waals surface area (Å²) in [6.45, 7) is 7.11. The van der Waals surface area contributed by atoms with E-state index in [0.29, 0.717) is 6.61 Å². The van der Waals surface area contributed by atoms with E-state index in [0.717, 1.165) is 36.2 Å². The SMILES string of the molecule is CCOc1ccc(NC(=S)N2CCC[NH+](C)CC2)cc1. The first-order chi connectivity index (χ1) is 9.69. The lowest BCUT2D eigenvalue weighted by Crippen LogP contribution is -3.09. The van der Waals surface area contributed by atoms with Crippen LogP contribution in [0.2, 0.25) is 0 Å². The number of anilines is 1. The Labute approximate surface area is 126 Å². The third kappa shape index (κ3) is 4.35. The van der Waals surface area contributed by atoms with Crippen LogP contribution in [-0.4, -0.2) is 49.8 Å². The molecule has 0 radical (unpaired) electrons. The van der Waals surface area contributed by atoms with E-state index in [4.69, 9.17) is 17.0 Å². The predicted molar refractivity (Wildman–Crippen MR) is 86.6 cm³/mol. The Morgan fingerprint density at radius 3 is 2.75 bits per heavy atom. The van der Waals surface area contributed by atoms with Crippen molar-refractivity contribution in [3.05, 3.63) is 24.3 Å². The third-order valence-electron chi connectivity index (χ3n) is 3.54. The summed E-state index contributed by atoms with van der Waals surface area (Å²) in [7, 11) is 2.24. The van der Waals surface area contributed by atoms with Gasteiger partial charge in [0.1, 0.15) is 5.75 Å². The normalized spacial score (nSPS) is 19.3. The molecule has 1 aliphatic rings. The van der Waals surface area contributed by atoms with Crippen LogP contribution in [-0.2, 0) is 0 Å². The molecule has 1 aromatic carbocycles. The summed E-state index contributed by atoms with van der Waals surface area (Å²) in [5, 5.41) is 4.14. The molecule has 1 aromatic rings. The summed E-state index contributed by atoms with van der Waals surface area (Å²) in [5.74, 6) is 0.893. The summed E-state index contributed by atoms with van der Waals surface area (Å²) in [6, 6.07) is 7.95. The molecule has 4 nitrogen and oxygen atoms in total. The maximum Gasteiger partial charge on any atom is 0.173 e. The summed E-state index contributed by atoms with van der Waals surface area (Å²) >= 11 is 5.51. The van der Waals surface area contributed by atoms with Crippen molar-refractivity contribution in [3.63, 3.8) is 0 Å². The van der Waals surface area contributed by atoms with Crippen molar-refractivity contribution in [2.45, 2.75) is 13.3 Å². The van der Waals surface area contributed by atoms with E-state index >= 15 is 0 Å². The van der Waals surface area contributed by atoms with Gasteiger partial charge in [-0.05, 0) is 43.4 Å². The molecule has 2 N–H and O–H groups in total. The maximum atomic E-state index is 5.51. The standard InChI is InChI=1S/C15H23N3OS/c1-3-19-14-7-5-13(6-8-14)16-15(20)18-10-4-9-17(2)11-12-18/h5-8H,3-4,9-12H2,1-2H3,(H,16,20)/p+1. The first-order valence-corrected chi connectivity index (χ1v) is 7.70. The number of nitrogens with one attached hydrogen (secondary N) is 2. The summed E-state index contributed by atoms with van der Waals surface area (Å²) in [5.41, 5.74) is 1.02.